The van der Waals surface area contributed by atoms with E-state index in [0.717, 1.165) is 5.69 Å². The van der Waals surface area contributed by atoms with Crippen LogP contribution in [0.4, 0.5) is 5.69 Å². The van der Waals surface area contributed by atoms with Gasteiger partial charge in [0.1, 0.15) is 0 Å². The number of halogens is 1. The van der Waals surface area contributed by atoms with Gasteiger partial charge in [-0.3, -0.25) is 0 Å². The first-order valence-corrected chi connectivity index (χ1v) is 6.73. The zero-order chi connectivity index (χ0) is 13.1. The topological polar surface area (TPSA) is 40.5 Å². The number of carboxylic acid groups (broad SMARTS) is 1. The van der Waals surface area contributed by atoms with E-state index >= 15 is 0 Å². The maximum absolute atomic E-state index is 10.9. The lowest BCUT2D eigenvalue weighted by Crippen LogP contribution is -2.33. The van der Waals surface area contributed by atoms with Crippen LogP contribution in [0.1, 0.15) is 42.5 Å². The Morgan fingerprint density at radius 3 is 2.56 bits per heavy atom. The van der Waals surface area contributed by atoms with E-state index in [0.29, 0.717) is 11.1 Å². The zero-order valence-corrected chi connectivity index (χ0v) is 11.3. The van der Waals surface area contributed by atoms with Gasteiger partial charge in [-0.05, 0) is 31.0 Å². The summed E-state index contributed by atoms with van der Waals surface area (Å²) in [5, 5.41) is 9.43. The number of hydrogen-bond acceptors (Lipinski definition) is 2. The summed E-state index contributed by atoms with van der Waals surface area (Å²) in [6.45, 7) is 0. The number of aromatic carboxylic acids is 1. The molecule has 3 nitrogen and oxygen atoms in total. The Hall–Kier alpha value is -1.22. The van der Waals surface area contributed by atoms with Crippen molar-refractivity contribution >= 4 is 23.3 Å². The molecule has 0 saturated heterocycles. The van der Waals surface area contributed by atoms with Crippen molar-refractivity contribution in [1.82, 2.24) is 0 Å². The van der Waals surface area contributed by atoms with Gasteiger partial charge in [0.15, 0.2) is 0 Å². The van der Waals surface area contributed by atoms with Gasteiger partial charge in [0.05, 0.1) is 16.3 Å². The van der Waals surface area contributed by atoms with E-state index in [1.807, 2.05) is 7.05 Å². The van der Waals surface area contributed by atoms with Crippen LogP contribution in [0.25, 0.3) is 0 Å². The van der Waals surface area contributed by atoms with Crippen molar-refractivity contribution in [3.8, 4) is 0 Å². The molecular formula is C14H18ClNO2. The van der Waals surface area contributed by atoms with Gasteiger partial charge in [0.25, 0.3) is 0 Å². The van der Waals surface area contributed by atoms with Crippen LogP contribution in [0, 0.1) is 0 Å². The maximum atomic E-state index is 10.9. The van der Waals surface area contributed by atoms with Gasteiger partial charge in [-0.25, -0.2) is 4.79 Å². The fraction of sp³-hybridized carbons (Fsp3) is 0.500. The van der Waals surface area contributed by atoms with E-state index in [2.05, 4.69) is 4.90 Å². The average molecular weight is 268 g/mol. The minimum absolute atomic E-state index is 0.237. The molecule has 0 spiro atoms. The van der Waals surface area contributed by atoms with Crippen molar-refractivity contribution in [3.05, 3.63) is 28.8 Å². The summed E-state index contributed by atoms with van der Waals surface area (Å²) in [5.41, 5.74) is 1.16. The van der Waals surface area contributed by atoms with Gasteiger partial charge in [-0.2, -0.15) is 0 Å². The van der Waals surface area contributed by atoms with Crippen molar-refractivity contribution in [3.63, 3.8) is 0 Å². The first-order chi connectivity index (χ1) is 8.59. The van der Waals surface area contributed by atoms with Crippen LogP contribution in [0.3, 0.4) is 0 Å². The van der Waals surface area contributed by atoms with E-state index in [9.17, 15) is 4.79 Å². The summed E-state index contributed by atoms with van der Waals surface area (Å²) >= 11 is 6.18. The van der Waals surface area contributed by atoms with Crippen molar-refractivity contribution in [1.29, 1.82) is 0 Å². The first kappa shape index (κ1) is 13.2. The highest BCUT2D eigenvalue weighted by atomic mass is 35.5. The third kappa shape index (κ3) is 2.78. The molecule has 0 aliphatic heterocycles. The van der Waals surface area contributed by atoms with Gasteiger partial charge >= 0.3 is 5.97 Å². The number of carbonyl (C=O) groups is 1. The molecule has 1 aliphatic rings. The minimum Gasteiger partial charge on any atom is -0.478 e. The molecule has 0 atom stereocenters. The second-order valence-corrected chi connectivity index (χ2v) is 5.28. The third-order valence-corrected chi connectivity index (χ3v) is 4.00. The fourth-order valence-electron chi connectivity index (χ4n) is 2.59. The predicted octanol–water partition coefficient (Wildman–Crippen LogP) is 3.81. The Balaban J connectivity index is 2.19. The number of hydrogen-bond donors (Lipinski definition) is 1. The minimum atomic E-state index is -0.941. The largest absolute Gasteiger partial charge is 0.478 e. The summed E-state index contributed by atoms with van der Waals surface area (Å²) in [6.07, 6.45) is 6.22. The van der Waals surface area contributed by atoms with Crippen molar-refractivity contribution < 1.29 is 9.90 Å². The summed E-state index contributed by atoms with van der Waals surface area (Å²) < 4.78 is 0. The van der Waals surface area contributed by atoms with Gasteiger partial charge < -0.3 is 10.0 Å². The van der Waals surface area contributed by atoms with Crippen LogP contribution < -0.4 is 4.90 Å². The van der Waals surface area contributed by atoms with E-state index in [4.69, 9.17) is 16.7 Å². The van der Waals surface area contributed by atoms with Crippen LogP contribution in [0.5, 0.6) is 0 Å². The molecule has 18 heavy (non-hydrogen) atoms. The molecule has 0 aromatic heterocycles. The Morgan fingerprint density at radius 2 is 2.00 bits per heavy atom. The molecule has 0 heterocycles. The Kier molecular flexibility index (Phi) is 4.12. The number of nitrogens with zero attached hydrogens (tertiary/aromatic N) is 1. The molecule has 2 rings (SSSR count). The van der Waals surface area contributed by atoms with Crippen LogP contribution in [-0.4, -0.2) is 24.2 Å². The standard InChI is InChI=1S/C14H18ClNO2/c1-16(11-5-3-2-4-6-11)13-8-7-10(14(17)18)9-12(13)15/h7-9,11H,2-6H2,1H3,(H,17,18). The highest BCUT2D eigenvalue weighted by molar-refractivity contribution is 6.33. The van der Waals surface area contributed by atoms with E-state index in [1.54, 1.807) is 12.1 Å². The summed E-state index contributed by atoms with van der Waals surface area (Å²) in [5.74, 6) is -0.941. The Morgan fingerprint density at radius 1 is 1.33 bits per heavy atom. The molecule has 98 valence electrons. The number of carboxylic acids is 1. The molecule has 1 saturated carbocycles. The number of rotatable bonds is 3. The summed E-state index contributed by atoms with van der Waals surface area (Å²) in [4.78, 5) is 13.1. The number of benzene rings is 1. The summed E-state index contributed by atoms with van der Waals surface area (Å²) in [6, 6.07) is 5.47. The first-order valence-electron chi connectivity index (χ1n) is 6.35. The van der Waals surface area contributed by atoms with Crippen LogP contribution in [0.15, 0.2) is 18.2 Å². The molecule has 1 fully saturated rings. The van der Waals surface area contributed by atoms with E-state index in [1.165, 1.54) is 38.2 Å². The van der Waals surface area contributed by atoms with Gasteiger partial charge in [-0.1, -0.05) is 30.9 Å². The second-order valence-electron chi connectivity index (χ2n) is 4.87. The zero-order valence-electron chi connectivity index (χ0n) is 10.5. The predicted molar refractivity (Wildman–Crippen MR) is 73.7 cm³/mol. The normalized spacial score (nSPS) is 16.6. The molecule has 0 unspecified atom stereocenters. The smallest absolute Gasteiger partial charge is 0.335 e. The molecule has 4 heteroatoms. The Bertz CT molecular complexity index is 441. The average Bonchev–Trinajstić information content (AvgIpc) is 2.38. The van der Waals surface area contributed by atoms with Crippen LogP contribution in [-0.2, 0) is 0 Å². The molecule has 1 N–H and O–H groups in total. The van der Waals surface area contributed by atoms with Crippen molar-refractivity contribution in [2.75, 3.05) is 11.9 Å². The second kappa shape index (κ2) is 5.61. The molecular weight excluding hydrogens is 250 g/mol. The van der Waals surface area contributed by atoms with Crippen LogP contribution >= 0.6 is 11.6 Å². The molecule has 1 aliphatic carbocycles. The quantitative estimate of drug-likeness (QED) is 0.905. The lowest BCUT2D eigenvalue weighted by Gasteiger charge is -2.33. The SMILES string of the molecule is CN(c1ccc(C(=O)O)cc1Cl)C1CCCCC1. The summed E-state index contributed by atoms with van der Waals surface area (Å²) in [7, 11) is 2.04. The molecule has 0 bridgehead atoms. The highest BCUT2D eigenvalue weighted by Crippen LogP contribution is 2.31. The maximum Gasteiger partial charge on any atom is 0.335 e. The third-order valence-electron chi connectivity index (χ3n) is 3.70. The molecule has 0 amide bonds. The van der Waals surface area contributed by atoms with Gasteiger partial charge in [0, 0.05) is 13.1 Å². The Labute approximate surface area is 112 Å². The lowest BCUT2D eigenvalue weighted by molar-refractivity contribution is 0.0697. The van der Waals surface area contributed by atoms with E-state index in [-0.39, 0.29) is 5.56 Å². The van der Waals surface area contributed by atoms with E-state index < -0.39 is 5.97 Å². The molecule has 1 aromatic carbocycles. The highest BCUT2D eigenvalue weighted by Gasteiger charge is 2.20. The molecule has 0 radical (unpaired) electrons. The van der Waals surface area contributed by atoms with Crippen molar-refractivity contribution in [2.24, 2.45) is 0 Å². The fourth-order valence-corrected chi connectivity index (χ4v) is 2.90. The van der Waals surface area contributed by atoms with Gasteiger partial charge in [0.2, 0.25) is 0 Å². The van der Waals surface area contributed by atoms with Crippen molar-refractivity contribution in [2.45, 2.75) is 38.1 Å². The molecule has 1 aromatic rings. The lowest BCUT2D eigenvalue weighted by atomic mass is 9.94. The van der Waals surface area contributed by atoms with Gasteiger partial charge in [-0.15, -0.1) is 0 Å². The van der Waals surface area contributed by atoms with Crippen LogP contribution in [0.2, 0.25) is 5.02 Å². The number of anilines is 1. The monoisotopic (exact) mass is 267 g/mol.